The summed E-state index contributed by atoms with van der Waals surface area (Å²) in [7, 11) is 0. The second-order valence-corrected chi connectivity index (χ2v) is 4.19. The maximum atomic E-state index is 6.21. The molecule has 0 aliphatic rings. The summed E-state index contributed by atoms with van der Waals surface area (Å²) in [5, 5.41) is 2.00. The molecule has 0 amide bonds. The van der Waals surface area contributed by atoms with Gasteiger partial charge in [0.2, 0.25) is 0 Å². The summed E-state index contributed by atoms with van der Waals surface area (Å²) < 4.78 is 2.18. The van der Waals surface area contributed by atoms with Gasteiger partial charge in [0.25, 0.3) is 0 Å². The lowest BCUT2D eigenvalue weighted by atomic mass is 10.1. The van der Waals surface area contributed by atoms with E-state index >= 15 is 0 Å². The van der Waals surface area contributed by atoms with Crippen molar-refractivity contribution >= 4 is 22.5 Å². The molecule has 0 aliphatic heterocycles. The second kappa shape index (κ2) is 4.25. The fourth-order valence-electron chi connectivity index (χ4n) is 1.92. The maximum Gasteiger partial charge on any atom is 0.0664 e. The fraction of sp³-hybridized carbons (Fsp3) is 0.333. The van der Waals surface area contributed by atoms with Gasteiger partial charge in [0.05, 0.1) is 5.02 Å². The Hall–Kier alpha value is -0.990. The quantitative estimate of drug-likeness (QED) is 0.851. The maximum absolute atomic E-state index is 6.21. The van der Waals surface area contributed by atoms with Crippen molar-refractivity contribution in [2.75, 3.05) is 6.54 Å². The van der Waals surface area contributed by atoms with Crippen LogP contribution in [-0.4, -0.2) is 11.1 Å². The SMILES string of the molecule is Cc1cccc2c1c(Cl)cn2CCCN. The van der Waals surface area contributed by atoms with Gasteiger partial charge in [-0.15, -0.1) is 0 Å². The number of rotatable bonds is 3. The van der Waals surface area contributed by atoms with Crippen molar-refractivity contribution in [2.45, 2.75) is 19.9 Å². The van der Waals surface area contributed by atoms with Crippen LogP contribution in [0.3, 0.4) is 0 Å². The van der Waals surface area contributed by atoms with Crippen LogP contribution in [-0.2, 0) is 6.54 Å². The number of halogens is 1. The molecule has 15 heavy (non-hydrogen) atoms. The Morgan fingerprint density at radius 3 is 2.93 bits per heavy atom. The lowest BCUT2D eigenvalue weighted by Crippen LogP contribution is -2.04. The Balaban J connectivity index is 2.53. The molecule has 3 heteroatoms. The first kappa shape index (κ1) is 10.5. The zero-order chi connectivity index (χ0) is 10.8. The summed E-state index contributed by atoms with van der Waals surface area (Å²) in [5.74, 6) is 0. The van der Waals surface area contributed by atoms with Gasteiger partial charge in [-0.1, -0.05) is 23.7 Å². The molecule has 1 aromatic carbocycles. The summed E-state index contributed by atoms with van der Waals surface area (Å²) in [6.07, 6.45) is 2.98. The monoisotopic (exact) mass is 222 g/mol. The van der Waals surface area contributed by atoms with Gasteiger partial charge in [-0.25, -0.2) is 0 Å². The number of aryl methyl sites for hydroxylation is 2. The smallest absolute Gasteiger partial charge is 0.0664 e. The first-order valence-electron chi connectivity index (χ1n) is 5.18. The minimum absolute atomic E-state index is 0.711. The topological polar surface area (TPSA) is 30.9 Å². The lowest BCUT2D eigenvalue weighted by Gasteiger charge is -2.04. The summed E-state index contributed by atoms with van der Waals surface area (Å²) >= 11 is 6.21. The van der Waals surface area contributed by atoms with Crippen molar-refractivity contribution in [1.29, 1.82) is 0 Å². The number of aromatic nitrogens is 1. The number of nitrogens with zero attached hydrogens (tertiary/aromatic N) is 1. The van der Waals surface area contributed by atoms with Gasteiger partial charge in [-0.3, -0.25) is 0 Å². The first-order valence-corrected chi connectivity index (χ1v) is 5.56. The minimum atomic E-state index is 0.711. The minimum Gasteiger partial charge on any atom is -0.346 e. The van der Waals surface area contributed by atoms with Gasteiger partial charge in [0, 0.05) is 23.6 Å². The van der Waals surface area contributed by atoms with Crippen molar-refractivity contribution < 1.29 is 0 Å². The Kier molecular flexibility index (Phi) is 2.98. The molecule has 0 fully saturated rings. The summed E-state index contributed by atoms with van der Waals surface area (Å²) in [4.78, 5) is 0. The molecule has 2 nitrogen and oxygen atoms in total. The third kappa shape index (κ3) is 1.87. The van der Waals surface area contributed by atoms with E-state index in [-0.39, 0.29) is 0 Å². The first-order chi connectivity index (χ1) is 7.24. The highest BCUT2D eigenvalue weighted by Gasteiger charge is 2.07. The van der Waals surface area contributed by atoms with Crippen LogP contribution in [0.1, 0.15) is 12.0 Å². The lowest BCUT2D eigenvalue weighted by molar-refractivity contribution is 0.671. The zero-order valence-electron chi connectivity index (χ0n) is 8.83. The van der Waals surface area contributed by atoms with Crippen molar-refractivity contribution in [3.05, 3.63) is 35.0 Å². The molecule has 0 saturated heterocycles. The van der Waals surface area contributed by atoms with E-state index in [9.17, 15) is 0 Å². The number of hydrogen-bond acceptors (Lipinski definition) is 1. The Morgan fingerprint density at radius 1 is 1.40 bits per heavy atom. The third-order valence-corrected chi connectivity index (χ3v) is 2.96. The summed E-state index contributed by atoms with van der Waals surface area (Å²) in [6, 6.07) is 6.25. The van der Waals surface area contributed by atoms with E-state index in [1.807, 2.05) is 6.20 Å². The van der Waals surface area contributed by atoms with Gasteiger partial charge in [-0.05, 0) is 31.5 Å². The van der Waals surface area contributed by atoms with Crippen LogP contribution < -0.4 is 5.73 Å². The van der Waals surface area contributed by atoms with Crippen LogP contribution in [0.5, 0.6) is 0 Å². The van der Waals surface area contributed by atoms with Crippen LogP contribution in [0.2, 0.25) is 5.02 Å². The van der Waals surface area contributed by atoms with Crippen molar-refractivity contribution in [2.24, 2.45) is 5.73 Å². The van der Waals surface area contributed by atoms with Gasteiger partial charge in [0.15, 0.2) is 0 Å². The molecule has 2 rings (SSSR count). The third-order valence-electron chi connectivity index (χ3n) is 2.67. The highest BCUT2D eigenvalue weighted by molar-refractivity contribution is 6.35. The van der Waals surface area contributed by atoms with Crippen LogP contribution in [0.25, 0.3) is 10.9 Å². The molecule has 2 aromatic rings. The zero-order valence-corrected chi connectivity index (χ0v) is 9.59. The van der Waals surface area contributed by atoms with E-state index < -0.39 is 0 Å². The van der Waals surface area contributed by atoms with Crippen LogP contribution >= 0.6 is 11.6 Å². The van der Waals surface area contributed by atoms with Crippen LogP contribution in [0, 0.1) is 6.92 Å². The van der Waals surface area contributed by atoms with E-state index in [2.05, 4.69) is 29.7 Å². The van der Waals surface area contributed by atoms with Gasteiger partial charge >= 0.3 is 0 Å². The van der Waals surface area contributed by atoms with Crippen molar-refractivity contribution in [1.82, 2.24) is 4.57 Å². The van der Waals surface area contributed by atoms with Crippen molar-refractivity contribution in [3.63, 3.8) is 0 Å². The molecular formula is C12H15ClN2. The number of benzene rings is 1. The van der Waals surface area contributed by atoms with Crippen molar-refractivity contribution in [3.8, 4) is 0 Å². The molecule has 2 N–H and O–H groups in total. The molecule has 0 spiro atoms. The van der Waals surface area contributed by atoms with E-state index in [0.29, 0.717) is 6.54 Å². The van der Waals surface area contributed by atoms with Crippen LogP contribution in [0.4, 0.5) is 0 Å². The molecular weight excluding hydrogens is 208 g/mol. The van der Waals surface area contributed by atoms with Gasteiger partial charge < -0.3 is 10.3 Å². The summed E-state index contributed by atoms with van der Waals surface area (Å²) in [6.45, 7) is 3.73. The average Bonchev–Trinajstić information content (AvgIpc) is 2.54. The van der Waals surface area contributed by atoms with Crippen LogP contribution in [0.15, 0.2) is 24.4 Å². The Labute approximate surface area is 94.6 Å². The van der Waals surface area contributed by atoms with E-state index in [1.165, 1.54) is 11.1 Å². The highest BCUT2D eigenvalue weighted by atomic mass is 35.5. The normalized spacial score (nSPS) is 11.1. The van der Waals surface area contributed by atoms with Gasteiger partial charge in [0.1, 0.15) is 0 Å². The predicted octanol–water partition coefficient (Wildman–Crippen LogP) is 2.95. The number of fused-ring (bicyclic) bond motifs is 1. The molecule has 1 aromatic heterocycles. The largest absolute Gasteiger partial charge is 0.346 e. The predicted molar refractivity (Wildman–Crippen MR) is 65.4 cm³/mol. The Morgan fingerprint density at radius 2 is 2.20 bits per heavy atom. The molecule has 80 valence electrons. The standard InChI is InChI=1S/C12H15ClN2/c1-9-4-2-5-11-12(9)10(13)8-15(11)7-3-6-14/h2,4-5,8H,3,6-7,14H2,1H3. The van der Waals surface area contributed by atoms with E-state index in [1.54, 1.807) is 0 Å². The summed E-state index contributed by atoms with van der Waals surface area (Å²) in [5.41, 5.74) is 7.94. The molecule has 0 bridgehead atoms. The second-order valence-electron chi connectivity index (χ2n) is 3.78. The number of hydrogen-bond donors (Lipinski definition) is 1. The molecule has 0 saturated carbocycles. The number of nitrogens with two attached hydrogens (primary N) is 1. The Bertz CT molecular complexity index is 474. The van der Waals surface area contributed by atoms with E-state index in [4.69, 9.17) is 17.3 Å². The molecule has 0 radical (unpaired) electrons. The molecule has 0 unspecified atom stereocenters. The molecule has 0 atom stereocenters. The van der Waals surface area contributed by atoms with E-state index in [0.717, 1.165) is 23.4 Å². The molecule has 1 heterocycles. The average molecular weight is 223 g/mol. The highest BCUT2D eigenvalue weighted by Crippen LogP contribution is 2.28. The fourth-order valence-corrected chi connectivity index (χ4v) is 2.28. The molecule has 0 aliphatic carbocycles. The van der Waals surface area contributed by atoms with Gasteiger partial charge in [-0.2, -0.15) is 0 Å².